The summed E-state index contributed by atoms with van der Waals surface area (Å²) in [6, 6.07) is 22.2. The maximum absolute atomic E-state index is 10.6. The van der Waals surface area contributed by atoms with Crippen LogP contribution in [0.5, 0.6) is 5.75 Å². The van der Waals surface area contributed by atoms with E-state index in [1.165, 1.54) is 22.3 Å². The van der Waals surface area contributed by atoms with Crippen LogP contribution in [0.3, 0.4) is 0 Å². The second-order valence-electron chi connectivity index (χ2n) is 13.3. The van der Waals surface area contributed by atoms with Crippen LogP contribution in [0.2, 0.25) is 0 Å². The van der Waals surface area contributed by atoms with Gasteiger partial charge in [-0.05, 0) is 62.7 Å². The van der Waals surface area contributed by atoms with Crippen LogP contribution < -0.4 is 9.55 Å². The summed E-state index contributed by atoms with van der Waals surface area (Å²) >= 11 is 0. The molecule has 0 aliphatic rings. The van der Waals surface area contributed by atoms with E-state index in [4.69, 9.17) is 4.98 Å². The van der Waals surface area contributed by atoms with E-state index in [0.717, 1.165) is 33.8 Å². The van der Waals surface area contributed by atoms with Crippen molar-refractivity contribution in [1.82, 2.24) is 9.55 Å². The van der Waals surface area contributed by atoms with Gasteiger partial charge in [-0.25, -0.2) is 0 Å². The number of phenolic OH excluding ortho intramolecular Hbond substituents is 1. The molecule has 0 aliphatic carbocycles. The Labute approximate surface area is 273 Å². The third-order valence-electron chi connectivity index (χ3n) is 8.06. The van der Waals surface area contributed by atoms with Gasteiger partial charge in [0.05, 0.1) is 11.6 Å². The summed E-state index contributed by atoms with van der Waals surface area (Å²) in [5.41, 5.74) is 10.1. The van der Waals surface area contributed by atoms with Crippen LogP contribution in [-0.4, -0.2) is 9.67 Å². The van der Waals surface area contributed by atoms with Crippen molar-refractivity contribution in [3.63, 3.8) is 0 Å². The Balaban J connectivity index is 0.00000423. The third-order valence-corrected chi connectivity index (χ3v) is 8.06. The van der Waals surface area contributed by atoms with E-state index in [0.29, 0.717) is 17.8 Å². The first-order chi connectivity index (χ1) is 19.8. The van der Waals surface area contributed by atoms with Gasteiger partial charge in [0.1, 0.15) is 0 Å². The molecule has 2 heterocycles. The average molecular weight is 755 g/mol. The maximum Gasteiger partial charge on any atom is 3.00 e. The van der Waals surface area contributed by atoms with Gasteiger partial charge in [-0.15, -0.1) is 29.3 Å². The molecule has 4 nitrogen and oxygen atoms in total. The summed E-state index contributed by atoms with van der Waals surface area (Å²) in [4.78, 5) is 4.84. The SMILES string of the molecule is CC(C)c1cc(C(C)C)c(-c2cc[n-]c2-n2[c-][n+](-c3[c-]c(-c4ccccc4O)cc(C(C)(C)C)c3)cc2)c(C(C)C)c1.[Au+3]. The molecule has 2 aromatic heterocycles. The zero-order valence-corrected chi connectivity index (χ0v) is 28.9. The zero-order chi connectivity index (χ0) is 30.3. The van der Waals surface area contributed by atoms with Gasteiger partial charge in [0.25, 0.3) is 6.33 Å². The van der Waals surface area contributed by atoms with E-state index < -0.39 is 0 Å². The molecule has 5 aromatic rings. The molecule has 226 valence electrons. The van der Waals surface area contributed by atoms with Gasteiger partial charge in [-0.3, -0.25) is 0 Å². The Morgan fingerprint density at radius 3 is 2.07 bits per heavy atom. The first-order valence-electron chi connectivity index (χ1n) is 15.0. The first kappa shape index (κ1) is 32.6. The van der Waals surface area contributed by atoms with Gasteiger partial charge in [0, 0.05) is 12.4 Å². The molecule has 0 atom stereocenters. The summed E-state index contributed by atoms with van der Waals surface area (Å²) in [6.45, 7) is 20.2. The van der Waals surface area contributed by atoms with Crippen LogP contribution >= 0.6 is 0 Å². The molecule has 0 radical (unpaired) electrons. The number of aromatic nitrogens is 3. The van der Waals surface area contributed by atoms with Gasteiger partial charge < -0.3 is 19.2 Å². The monoisotopic (exact) mass is 754 g/mol. The number of rotatable bonds is 7. The average Bonchev–Trinajstić information content (AvgIpc) is 3.61. The molecule has 5 rings (SSSR count). The number of aromatic hydroxyl groups is 1. The molecule has 3 aromatic carbocycles. The summed E-state index contributed by atoms with van der Waals surface area (Å²) in [5, 5.41) is 10.6. The van der Waals surface area contributed by atoms with E-state index in [1.54, 1.807) is 6.07 Å². The zero-order valence-electron chi connectivity index (χ0n) is 26.8. The predicted molar refractivity (Wildman–Crippen MR) is 172 cm³/mol. The molecule has 0 saturated carbocycles. The van der Waals surface area contributed by atoms with Crippen LogP contribution in [0, 0.1) is 12.4 Å². The molecule has 0 spiro atoms. The predicted octanol–water partition coefficient (Wildman–Crippen LogP) is 9.02. The van der Waals surface area contributed by atoms with Crippen LogP contribution in [0.1, 0.15) is 102 Å². The Kier molecular flexibility index (Phi) is 9.66. The van der Waals surface area contributed by atoms with E-state index in [-0.39, 0.29) is 33.5 Å². The third kappa shape index (κ3) is 6.62. The van der Waals surface area contributed by atoms with Crippen LogP contribution in [0.15, 0.2) is 73.2 Å². The Morgan fingerprint density at radius 1 is 0.837 bits per heavy atom. The molecule has 5 heteroatoms. The molecule has 0 bridgehead atoms. The Morgan fingerprint density at radius 2 is 1.49 bits per heavy atom. The van der Waals surface area contributed by atoms with Crippen LogP contribution in [0.25, 0.3) is 33.8 Å². The van der Waals surface area contributed by atoms with Crippen molar-refractivity contribution in [3.8, 4) is 39.5 Å². The summed E-state index contributed by atoms with van der Waals surface area (Å²) in [6.07, 6.45) is 9.43. The molecule has 0 saturated heterocycles. The van der Waals surface area contributed by atoms with Crippen molar-refractivity contribution in [3.05, 3.63) is 108 Å². The molecule has 0 aliphatic heterocycles. The topological polar surface area (TPSA) is 43.1 Å². The minimum Gasteiger partial charge on any atom is -0.517 e. The van der Waals surface area contributed by atoms with E-state index in [2.05, 4.69) is 105 Å². The van der Waals surface area contributed by atoms with Crippen LogP contribution in [0.4, 0.5) is 0 Å². The summed E-state index contributed by atoms with van der Waals surface area (Å²) in [5.74, 6) is 2.32. The van der Waals surface area contributed by atoms with E-state index in [9.17, 15) is 5.11 Å². The standard InChI is InChI=1S/C38H43N3O.Au/c1-24(2)27-20-33(25(3)4)36(34(21-27)26(5)6)32-14-15-39-37(32)41-17-16-40(23-41)30-19-28(18-29(22-30)38(7,8)9)31-12-10-11-13-35(31)42;/h10-18,20-22,24-26,42H,1-9H3;/q-2;+3. The normalized spacial score (nSPS) is 11.9. The number of nitrogens with zero attached hydrogens (tertiary/aromatic N) is 3. The quantitative estimate of drug-likeness (QED) is 0.102. The van der Waals surface area contributed by atoms with Gasteiger partial charge in [-0.2, -0.15) is 0 Å². The van der Waals surface area contributed by atoms with Crippen molar-refractivity contribution in [1.29, 1.82) is 0 Å². The fourth-order valence-electron chi connectivity index (χ4n) is 5.51. The Bertz CT molecular complexity index is 1690. The number of para-hydroxylation sites is 1. The molecule has 0 fully saturated rings. The number of hydrogen-bond acceptors (Lipinski definition) is 1. The molecule has 0 amide bonds. The number of imidazole rings is 1. The maximum atomic E-state index is 10.6. The minimum atomic E-state index is -0.0881. The van der Waals surface area contributed by atoms with Gasteiger partial charge in [-0.1, -0.05) is 110 Å². The summed E-state index contributed by atoms with van der Waals surface area (Å²) < 4.78 is 3.95. The Hall–Kier alpha value is -3.31. The van der Waals surface area contributed by atoms with Crippen molar-refractivity contribution in [2.75, 3.05) is 0 Å². The summed E-state index contributed by atoms with van der Waals surface area (Å²) in [7, 11) is 0. The molecule has 1 N–H and O–H groups in total. The van der Waals surface area contributed by atoms with Crippen molar-refractivity contribution in [2.45, 2.75) is 85.5 Å². The second kappa shape index (κ2) is 12.7. The largest absolute Gasteiger partial charge is 3.00 e. The molecular weight excluding hydrogens is 711 g/mol. The van der Waals surface area contributed by atoms with E-state index in [1.807, 2.05) is 45.9 Å². The fraction of sp³-hybridized carbons (Fsp3) is 0.342. The van der Waals surface area contributed by atoms with Crippen molar-refractivity contribution < 1.29 is 32.1 Å². The van der Waals surface area contributed by atoms with Gasteiger partial charge >= 0.3 is 22.4 Å². The fourth-order valence-corrected chi connectivity index (χ4v) is 5.51. The second-order valence-corrected chi connectivity index (χ2v) is 13.3. The van der Waals surface area contributed by atoms with Crippen LogP contribution in [-0.2, 0) is 27.8 Å². The molecule has 43 heavy (non-hydrogen) atoms. The van der Waals surface area contributed by atoms with Crippen molar-refractivity contribution in [2.24, 2.45) is 0 Å². The van der Waals surface area contributed by atoms with Gasteiger partial charge in [0.2, 0.25) is 0 Å². The number of phenols is 1. The van der Waals surface area contributed by atoms with Gasteiger partial charge in [0.15, 0.2) is 0 Å². The smallest absolute Gasteiger partial charge is 0.517 e. The van der Waals surface area contributed by atoms with Crippen molar-refractivity contribution >= 4 is 0 Å². The minimum absolute atomic E-state index is 0. The molecular formula is C38H43AuN3O+. The molecule has 0 unspecified atom stereocenters. The number of hydrogen-bond donors (Lipinski definition) is 1. The number of benzene rings is 3. The van der Waals surface area contributed by atoms with E-state index >= 15 is 0 Å². The first-order valence-corrected chi connectivity index (χ1v) is 15.0.